The molecule has 1 N–H and O–H groups in total. The van der Waals surface area contributed by atoms with Crippen LogP contribution in [0.2, 0.25) is 0 Å². The van der Waals surface area contributed by atoms with Crippen molar-refractivity contribution in [2.24, 2.45) is 11.8 Å². The number of fused-ring (bicyclic) bond motifs is 1. The Morgan fingerprint density at radius 3 is 3.00 bits per heavy atom. The minimum atomic E-state index is 0.363. The summed E-state index contributed by atoms with van der Waals surface area (Å²) in [5.41, 5.74) is 2.08. The van der Waals surface area contributed by atoms with Crippen molar-refractivity contribution in [3.63, 3.8) is 0 Å². The molecular formula is C19H24N2O. The molecule has 3 heteroatoms. The second-order valence-corrected chi connectivity index (χ2v) is 6.33. The lowest BCUT2D eigenvalue weighted by molar-refractivity contribution is -0.119. The van der Waals surface area contributed by atoms with Crippen LogP contribution in [0.25, 0.3) is 10.9 Å². The van der Waals surface area contributed by atoms with Gasteiger partial charge in [-0.15, -0.1) is 0 Å². The average molecular weight is 296 g/mol. The quantitative estimate of drug-likeness (QED) is 0.920. The topological polar surface area (TPSA) is 42.0 Å². The SMILES string of the molecule is CCC1CNCCC1CC(=O)Cc1ccnc2ccccc12. The Kier molecular flexibility index (Phi) is 4.84. The highest BCUT2D eigenvalue weighted by molar-refractivity contribution is 5.88. The minimum Gasteiger partial charge on any atom is -0.316 e. The molecule has 2 atom stereocenters. The zero-order chi connectivity index (χ0) is 15.4. The fourth-order valence-corrected chi connectivity index (χ4v) is 3.61. The normalized spacial score (nSPS) is 21.9. The highest BCUT2D eigenvalue weighted by atomic mass is 16.1. The Bertz CT molecular complexity index is 647. The number of aromatic nitrogens is 1. The first-order valence-corrected chi connectivity index (χ1v) is 8.33. The first kappa shape index (κ1) is 15.2. The van der Waals surface area contributed by atoms with Gasteiger partial charge in [0, 0.05) is 24.4 Å². The van der Waals surface area contributed by atoms with E-state index in [2.05, 4.69) is 23.3 Å². The lowest BCUT2D eigenvalue weighted by atomic mass is 9.80. The van der Waals surface area contributed by atoms with Gasteiger partial charge >= 0.3 is 0 Å². The van der Waals surface area contributed by atoms with Gasteiger partial charge in [-0.2, -0.15) is 0 Å². The van der Waals surface area contributed by atoms with E-state index in [0.29, 0.717) is 24.0 Å². The van der Waals surface area contributed by atoms with E-state index in [4.69, 9.17) is 0 Å². The third kappa shape index (κ3) is 3.36. The summed E-state index contributed by atoms with van der Waals surface area (Å²) < 4.78 is 0. The maximum Gasteiger partial charge on any atom is 0.137 e. The molecule has 0 aliphatic carbocycles. The van der Waals surface area contributed by atoms with Gasteiger partial charge < -0.3 is 5.32 Å². The summed E-state index contributed by atoms with van der Waals surface area (Å²) in [5, 5.41) is 4.55. The Labute approximate surface area is 132 Å². The number of pyridine rings is 1. The zero-order valence-corrected chi connectivity index (χ0v) is 13.2. The van der Waals surface area contributed by atoms with E-state index in [-0.39, 0.29) is 0 Å². The Balaban J connectivity index is 1.70. The van der Waals surface area contributed by atoms with Crippen LogP contribution in [0.1, 0.15) is 31.7 Å². The molecule has 3 nitrogen and oxygen atoms in total. The molecule has 1 aromatic heterocycles. The minimum absolute atomic E-state index is 0.363. The number of rotatable bonds is 5. The number of para-hydroxylation sites is 1. The lowest BCUT2D eigenvalue weighted by Crippen LogP contribution is -2.37. The van der Waals surface area contributed by atoms with Crippen LogP contribution < -0.4 is 5.32 Å². The van der Waals surface area contributed by atoms with Crippen molar-refractivity contribution in [2.75, 3.05) is 13.1 Å². The molecule has 0 radical (unpaired) electrons. The lowest BCUT2D eigenvalue weighted by Gasteiger charge is -2.31. The van der Waals surface area contributed by atoms with Crippen molar-refractivity contribution in [3.8, 4) is 0 Å². The molecule has 0 spiro atoms. The van der Waals surface area contributed by atoms with Crippen LogP contribution >= 0.6 is 0 Å². The standard InChI is InChI=1S/C19H24N2O/c1-2-14-13-20-9-7-15(14)11-17(22)12-16-8-10-21-19-6-4-3-5-18(16)19/h3-6,8,10,14-15,20H,2,7,9,11-13H2,1H3. The fourth-order valence-electron chi connectivity index (χ4n) is 3.61. The summed E-state index contributed by atoms with van der Waals surface area (Å²) in [6.45, 7) is 4.34. The summed E-state index contributed by atoms with van der Waals surface area (Å²) in [6, 6.07) is 10.0. The Hall–Kier alpha value is -1.74. The van der Waals surface area contributed by atoms with Gasteiger partial charge in [-0.25, -0.2) is 0 Å². The van der Waals surface area contributed by atoms with Gasteiger partial charge in [0.25, 0.3) is 0 Å². The molecule has 2 heterocycles. The monoisotopic (exact) mass is 296 g/mol. The van der Waals surface area contributed by atoms with Crippen molar-refractivity contribution in [2.45, 2.75) is 32.6 Å². The number of piperidine rings is 1. The maximum atomic E-state index is 12.5. The van der Waals surface area contributed by atoms with Crippen molar-refractivity contribution < 1.29 is 4.79 Å². The number of benzene rings is 1. The van der Waals surface area contributed by atoms with Crippen LogP contribution in [-0.2, 0) is 11.2 Å². The van der Waals surface area contributed by atoms with Crippen molar-refractivity contribution in [3.05, 3.63) is 42.1 Å². The molecule has 1 fully saturated rings. The predicted molar refractivity (Wildman–Crippen MR) is 89.8 cm³/mol. The smallest absolute Gasteiger partial charge is 0.137 e. The van der Waals surface area contributed by atoms with Gasteiger partial charge in [0.2, 0.25) is 0 Å². The molecule has 2 aromatic rings. The molecule has 22 heavy (non-hydrogen) atoms. The van der Waals surface area contributed by atoms with Gasteiger partial charge in [0.05, 0.1) is 5.52 Å². The molecule has 1 saturated heterocycles. The number of hydrogen-bond donors (Lipinski definition) is 1. The molecule has 0 bridgehead atoms. The molecule has 1 aliphatic rings. The molecule has 0 saturated carbocycles. The van der Waals surface area contributed by atoms with E-state index in [1.165, 1.54) is 0 Å². The number of Topliss-reactive ketones (excluding diaryl/α,β-unsaturated/α-hetero) is 1. The molecular weight excluding hydrogens is 272 g/mol. The van der Waals surface area contributed by atoms with Crippen molar-refractivity contribution in [1.82, 2.24) is 10.3 Å². The molecule has 1 aromatic carbocycles. The summed E-state index contributed by atoms with van der Waals surface area (Å²) in [6.07, 6.45) is 5.34. The van der Waals surface area contributed by atoms with Gasteiger partial charge in [-0.3, -0.25) is 9.78 Å². The predicted octanol–water partition coefficient (Wildman–Crippen LogP) is 3.37. The van der Waals surface area contributed by atoms with Gasteiger partial charge in [0.15, 0.2) is 0 Å². The number of nitrogens with one attached hydrogen (secondary N) is 1. The number of carbonyl (C=O) groups excluding carboxylic acids is 1. The second kappa shape index (κ2) is 7.01. The van der Waals surface area contributed by atoms with Crippen LogP contribution in [0.3, 0.4) is 0 Å². The first-order chi connectivity index (χ1) is 10.8. The summed E-state index contributed by atoms with van der Waals surface area (Å²) >= 11 is 0. The summed E-state index contributed by atoms with van der Waals surface area (Å²) in [7, 11) is 0. The van der Waals surface area contributed by atoms with Crippen LogP contribution in [0.15, 0.2) is 36.5 Å². The number of hydrogen-bond acceptors (Lipinski definition) is 3. The van der Waals surface area contributed by atoms with E-state index in [9.17, 15) is 4.79 Å². The largest absolute Gasteiger partial charge is 0.316 e. The third-order valence-electron chi connectivity index (χ3n) is 4.91. The summed E-state index contributed by atoms with van der Waals surface area (Å²) in [5.74, 6) is 1.56. The molecule has 0 amide bonds. The van der Waals surface area contributed by atoms with Crippen LogP contribution in [0.4, 0.5) is 0 Å². The fraction of sp³-hybridized carbons (Fsp3) is 0.474. The van der Waals surface area contributed by atoms with E-state index < -0.39 is 0 Å². The second-order valence-electron chi connectivity index (χ2n) is 6.33. The van der Waals surface area contributed by atoms with Crippen molar-refractivity contribution >= 4 is 16.7 Å². The van der Waals surface area contributed by atoms with E-state index in [0.717, 1.165) is 48.8 Å². The van der Waals surface area contributed by atoms with Crippen LogP contribution in [0, 0.1) is 11.8 Å². The molecule has 2 unspecified atom stereocenters. The third-order valence-corrected chi connectivity index (χ3v) is 4.91. The van der Waals surface area contributed by atoms with E-state index in [1.54, 1.807) is 0 Å². The van der Waals surface area contributed by atoms with E-state index >= 15 is 0 Å². The highest BCUT2D eigenvalue weighted by Crippen LogP contribution is 2.26. The Morgan fingerprint density at radius 1 is 1.27 bits per heavy atom. The van der Waals surface area contributed by atoms with Crippen LogP contribution in [0.5, 0.6) is 0 Å². The van der Waals surface area contributed by atoms with Crippen LogP contribution in [-0.4, -0.2) is 23.9 Å². The highest BCUT2D eigenvalue weighted by Gasteiger charge is 2.25. The Morgan fingerprint density at radius 2 is 2.14 bits per heavy atom. The van der Waals surface area contributed by atoms with Gasteiger partial charge in [-0.05, 0) is 49.0 Å². The molecule has 1 aliphatic heterocycles. The van der Waals surface area contributed by atoms with Gasteiger partial charge in [0.1, 0.15) is 5.78 Å². The summed E-state index contributed by atoms with van der Waals surface area (Å²) in [4.78, 5) is 16.9. The zero-order valence-electron chi connectivity index (χ0n) is 13.2. The van der Waals surface area contributed by atoms with Crippen molar-refractivity contribution in [1.29, 1.82) is 0 Å². The molecule has 3 rings (SSSR count). The first-order valence-electron chi connectivity index (χ1n) is 8.33. The average Bonchev–Trinajstić information content (AvgIpc) is 2.55. The molecule has 116 valence electrons. The number of nitrogens with zero attached hydrogens (tertiary/aromatic N) is 1. The van der Waals surface area contributed by atoms with E-state index in [1.807, 2.05) is 30.5 Å². The maximum absolute atomic E-state index is 12.5. The number of carbonyl (C=O) groups is 1. The number of ketones is 1. The van der Waals surface area contributed by atoms with Gasteiger partial charge in [-0.1, -0.05) is 31.5 Å².